The molecule has 0 radical (unpaired) electrons. The fourth-order valence-corrected chi connectivity index (χ4v) is 3.17. The standard InChI is InChI=1S/C14H8BrClIN3/c15-8-5-13-14(19-7-8)12(3-4-18-13)20-11-2-1-9(16)6-10(11)17/h1-7H,(H,18,20). The fraction of sp³-hybridized carbons (Fsp3) is 0. The number of halogens is 3. The molecule has 100 valence electrons. The number of aromatic nitrogens is 2. The van der Waals surface area contributed by atoms with Crippen molar-refractivity contribution >= 4 is 72.5 Å². The SMILES string of the molecule is Clc1ccc(Nc2ccnc3cc(Br)cnc23)c(I)c1. The van der Waals surface area contributed by atoms with Gasteiger partial charge in [-0.05, 0) is 68.9 Å². The Kier molecular flexibility index (Phi) is 4.09. The number of fused-ring (bicyclic) bond motifs is 1. The van der Waals surface area contributed by atoms with Crippen molar-refractivity contribution in [3.05, 3.63) is 55.8 Å². The lowest BCUT2D eigenvalue weighted by Crippen LogP contribution is -1.96. The zero-order chi connectivity index (χ0) is 14.1. The van der Waals surface area contributed by atoms with Crippen LogP contribution in [0.3, 0.4) is 0 Å². The summed E-state index contributed by atoms with van der Waals surface area (Å²) in [6.45, 7) is 0. The van der Waals surface area contributed by atoms with Gasteiger partial charge in [-0.3, -0.25) is 9.97 Å². The molecule has 0 aliphatic carbocycles. The summed E-state index contributed by atoms with van der Waals surface area (Å²) < 4.78 is 1.97. The maximum absolute atomic E-state index is 5.97. The molecule has 6 heteroatoms. The minimum absolute atomic E-state index is 0.724. The summed E-state index contributed by atoms with van der Waals surface area (Å²) in [7, 11) is 0. The largest absolute Gasteiger partial charge is 0.353 e. The average Bonchev–Trinajstić information content (AvgIpc) is 2.41. The molecular formula is C14H8BrClIN3. The van der Waals surface area contributed by atoms with Gasteiger partial charge in [-0.1, -0.05) is 11.6 Å². The summed E-state index contributed by atoms with van der Waals surface area (Å²) >= 11 is 11.6. The van der Waals surface area contributed by atoms with E-state index in [1.807, 2.05) is 30.3 Å². The molecule has 3 aromatic rings. The molecule has 0 fully saturated rings. The molecule has 0 saturated heterocycles. The Balaban J connectivity index is 2.06. The topological polar surface area (TPSA) is 37.8 Å². The van der Waals surface area contributed by atoms with Crippen molar-refractivity contribution < 1.29 is 0 Å². The monoisotopic (exact) mass is 459 g/mol. The smallest absolute Gasteiger partial charge is 0.112 e. The minimum atomic E-state index is 0.724. The van der Waals surface area contributed by atoms with Crippen molar-refractivity contribution in [2.75, 3.05) is 5.32 Å². The second-order valence-electron chi connectivity index (χ2n) is 4.13. The molecule has 1 aromatic carbocycles. The van der Waals surface area contributed by atoms with E-state index in [-0.39, 0.29) is 0 Å². The molecule has 3 nitrogen and oxygen atoms in total. The highest BCUT2D eigenvalue weighted by molar-refractivity contribution is 14.1. The van der Waals surface area contributed by atoms with Gasteiger partial charge in [0, 0.05) is 25.5 Å². The van der Waals surface area contributed by atoms with E-state index in [0.29, 0.717) is 0 Å². The molecule has 0 atom stereocenters. The molecule has 0 unspecified atom stereocenters. The molecule has 0 bridgehead atoms. The van der Waals surface area contributed by atoms with Crippen LogP contribution >= 0.6 is 50.1 Å². The van der Waals surface area contributed by atoms with Gasteiger partial charge in [-0.2, -0.15) is 0 Å². The van der Waals surface area contributed by atoms with E-state index >= 15 is 0 Å². The zero-order valence-corrected chi connectivity index (χ0v) is 14.6. The minimum Gasteiger partial charge on any atom is -0.353 e. The first kappa shape index (κ1) is 14.0. The van der Waals surface area contributed by atoms with E-state index in [2.05, 4.69) is 53.8 Å². The van der Waals surface area contributed by atoms with Gasteiger partial charge in [0.2, 0.25) is 0 Å². The maximum Gasteiger partial charge on any atom is 0.112 e. The first-order valence-corrected chi connectivity index (χ1v) is 8.01. The number of rotatable bonds is 2. The summed E-state index contributed by atoms with van der Waals surface area (Å²) in [4.78, 5) is 8.75. The van der Waals surface area contributed by atoms with Crippen molar-refractivity contribution in [3.63, 3.8) is 0 Å². The van der Waals surface area contributed by atoms with Crippen molar-refractivity contribution in [1.29, 1.82) is 0 Å². The number of nitrogens with one attached hydrogen (secondary N) is 1. The van der Waals surface area contributed by atoms with Crippen LogP contribution in [0.2, 0.25) is 5.02 Å². The number of anilines is 2. The van der Waals surface area contributed by atoms with Crippen LogP contribution in [-0.2, 0) is 0 Å². The number of nitrogens with zero attached hydrogens (tertiary/aromatic N) is 2. The highest BCUT2D eigenvalue weighted by Crippen LogP contribution is 2.29. The Morgan fingerprint density at radius 1 is 1.10 bits per heavy atom. The van der Waals surface area contributed by atoms with E-state index < -0.39 is 0 Å². The molecule has 0 aliphatic rings. The highest BCUT2D eigenvalue weighted by atomic mass is 127. The molecular weight excluding hydrogens is 452 g/mol. The summed E-state index contributed by atoms with van der Waals surface area (Å²) in [6, 6.07) is 9.58. The van der Waals surface area contributed by atoms with Crippen LogP contribution in [0.15, 0.2) is 47.2 Å². The van der Waals surface area contributed by atoms with Crippen LogP contribution in [0.4, 0.5) is 11.4 Å². The quantitative estimate of drug-likeness (QED) is 0.521. The molecule has 3 rings (SSSR count). The van der Waals surface area contributed by atoms with Crippen LogP contribution in [-0.4, -0.2) is 9.97 Å². The van der Waals surface area contributed by atoms with Crippen molar-refractivity contribution in [1.82, 2.24) is 9.97 Å². The Labute approximate surface area is 143 Å². The molecule has 20 heavy (non-hydrogen) atoms. The summed E-state index contributed by atoms with van der Waals surface area (Å²) in [6.07, 6.45) is 3.53. The maximum atomic E-state index is 5.97. The predicted molar refractivity (Wildman–Crippen MR) is 94.7 cm³/mol. The summed E-state index contributed by atoms with van der Waals surface area (Å²) in [5.74, 6) is 0. The average molecular weight is 461 g/mol. The highest BCUT2D eigenvalue weighted by Gasteiger charge is 2.06. The van der Waals surface area contributed by atoms with E-state index in [9.17, 15) is 0 Å². The van der Waals surface area contributed by atoms with Crippen molar-refractivity contribution in [2.24, 2.45) is 0 Å². The lowest BCUT2D eigenvalue weighted by atomic mass is 10.2. The number of pyridine rings is 2. The van der Waals surface area contributed by atoms with Gasteiger partial charge in [-0.25, -0.2) is 0 Å². The lowest BCUT2D eigenvalue weighted by molar-refractivity contribution is 1.32. The normalized spacial score (nSPS) is 10.8. The first-order chi connectivity index (χ1) is 9.63. The van der Waals surface area contributed by atoms with Gasteiger partial charge in [-0.15, -0.1) is 0 Å². The van der Waals surface area contributed by atoms with E-state index in [4.69, 9.17) is 11.6 Å². The second kappa shape index (κ2) is 5.83. The third-order valence-electron chi connectivity index (χ3n) is 2.74. The van der Waals surface area contributed by atoms with Crippen molar-refractivity contribution in [3.8, 4) is 0 Å². The van der Waals surface area contributed by atoms with Gasteiger partial charge in [0.1, 0.15) is 5.52 Å². The molecule has 0 saturated carbocycles. The van der Waals surface area contributed by atoms with Gasteiger partial charge in [0.25, 0.3) is 0 Å². The number of hydrogen-bond acceptors (Lipinski definition) is 3. The Bertz CT molecular complexity index is 794. The van der Waals surface area contributed by atoms with Crippen LogP contribution in [0, 0.1) is 3.57 Å². The second-order valence-corrected chi connectivity index (χ2v) is 6.64. The number of benzene rings is 1. The van der Waals surface area contributed by atoms with Gasteiger partial charge in [0.15, 0.2) is 0 Å². The third-order valence-corrected chi connectivity index (χ3v) is 4.31. The predicted octanol–water partition coefficient (Wildman–Crippen LogP) is 5.39. The summed E-state index contributed by atoms with van der Waals surface area (Å²) in [5, 5.41) is 4.10. The van der Waals surface area contributed by atoms with E-state index in [1.165, 1.54) is 0 Å². The van der Waals surface area contributed by atoms with Gasteiger partial charge < -0.3 is 5.32 Å². The summed E-state index contributed by atoms with van der Waals surface area (Å²) in [5.41, 5.74) is 3.59. The lowest BCUT2D eigenvalue weighted by Gasteiger charge is -2.10. The van der Waals surface area contributed by atoms with E-state index in [0.717, 1.165) is 35.5 Å². The van der Waals surface area contributed by atoms with Crippen LogP contribution in [0.1, 0.15) is 0 Å². The van der Waals surface area contributed by atoms with Gasteiger partial charge >= 0.3 is 0 Å². The Morgan fingerprint density at radius 3 is 2.75 bits per heavy atom. The Hall–Kier alpha value is -0.920. The molecule has 2 heterocycles. The van der Waals surface area contributed by atoms with Crippen LogP contribution in [0.25, 0.3) is 11.0 Å². The van der Waals surface area contributed by atoms with Crippen LogP contribution in [0.5, 0.6) is 0 Å². The molecule has 0 spiro atoms. The van der Waals surface area contributed by atoms with Gasteiger partial charge in [0.05, 0.1) is 16.9 Å². The fourth-order valence-electron chi connectivity index (χ4n) is 1.84. The first-order valence-electron chi connectivity index (χ1n) is 5.76. The third kappa shape index (κ3) is 2.89. The van der Waals surface area contributed by atoms with Crippen molar-refractivity contribution in [2.45, 2.75) is 0 Å². The van der Waals surface area contributed by atoms with E-state index in [1.54, 1.807) is 12.4 Å². The number of hydrogen-bond donors (Lipinski definition) is 1. The molecule has 2 aromatic heterocycles. The molecule has 0 aliphatic heterocycles. The Morgan fingerprint density at radius 2 is 1.95 bits per heavy atom. The molecule has 0 amide bonds. The molecule has 1 N–H and O–H groups in total. The van der Waals surface area contributed by atoms with Crippen LogP contribution < -0.4 is 5.32 Å². The zero-order valence-electron chi connectivity index (χ0n) is 10.1.